The van der Waals surface area contributed by atoms with Crippen molar-refractivity contribution in [3.8, 4) is 11.1 Å². The first-order valence-electron chi connectivity index (χ1n) is 4.34. The average Bonchev–Trinajstić information content (AvgIpc) is 2.19. The highest BCUT2D eigenvalue weighted by Gasteiger charge is 2.10. The van der Waals surface area contributed by atoms with Gasteiger partial charge in [0.15, 0.2) is 0 Å². The molecule has 1 aromatic carbocycles. The summed E-state index contributed by atoms with van der Waals surface area (Å²) in [5, 5.41) is 1.90. The SMILES string of the molecule is Clc1cc(Cl)c(-c2ccc(Cl)nc2)c(Cl)c1. The Labute approximate surface area is 113 Å². The Morgan fingerprint density at radius 3 is 2.00 bits per heavy atom. The number of hydrogen-bond donors (Lipinski definition) is 0. The van der Waals surface area contributed by atoms with Gasteiger partial charge in [-0.2, -0.15) is 0 Å². The van der Waals surface area contributed by atoms with E-state index in [0.717, 1.165) is 5.56 Å². The highest BCUT2D eigenvalue weighted by molar-refractivity contribution is 6.41. The van der Waals surface area contributed by atoms with Crippen molar-refractivity contribution in [3.63, 3.8) is 0 Å². The molecule has 1 nitrogen and oxygen atoms in total. The summed E-state index contributed by atoms with van der Waals surface area (Å²) in [7, 11) is 0. The van der Waals surface area contributed by atoms with Crippen molar-refractivity contribution >= 4 is 46.4 Å². The van der Waals surface area contributed by atoms with E-state index in [2.05, 4.69) is 4.98 Å². The number of pyridine rings is 1. The first-order valence-corrected chi connectivity index (χ1v) is 5.85. The molecule has 0 aliphatic rings. The first-order chi connectivity index (χ1) is 7.58. The van der Waals surface area contributed by atoms with Crippen molar-refractivity contribution < 1.29 is 0 Å². The monoisotopic (exact) mass is 291 g/mol. The molecule has 0 N–H and O–H groups in total. The van der Waals surface area contributed by atoms with Crippen LogP contribution in [0.5, 0.6) is 0 Å². The molecule has 1 aromatic heterocycles. The normalized spacial score (nSPS) is 10.5. The number of rotatable bonds is 1. The number of aromatic nitrogens is 1. The van der Waals surface area contributed by atoms with Crippen molar-refractivity contribution in [2.45, 2.75) is 0 Å². The minimum atomic E-state index is 0.421. The van der Waals surface area contributed by atoms with Gasteiger partial charge >= 0.3 is 0 Å². The van der Waals surface area contributed by atoms with Crippen LogP contribution in [0.25, 0.3) is 11.1 Å². The van der Waals surface area contributed by atoms with Crippen LogP contribution >= 0.6 is 46.4 Å². The topological polar surface area (TPSA) is 12.9 Å². The van der Waals surface area contributed by atoms with Gasteiger partial charge in [-0.25, -0.2) is 4.98 Å². The van der Waals surface area contributed by atoms with E-state index in [1.54, 1.807) is 30.5 Å². The predicted octanol–water partition coefficient (Wildman–Crippen LogP) is 5.36. The fraction of sp³-hybridized carbons (Fsp3) is 0. The lowest BCUT2D eigenvalue weighted by Crippen LogP contribution is -1.84. The third-order valence-electron chi connectivity index (χ3n) is 2.02. The van der Waals surface area contributed by atoms with Crippen LogP contribution in [0, 0.1) is 0 Å². The Morgan fingerprint density at radius 2 is 1.50 bits per heavy atom. The fourth-order valence-electron chi connectivity index (χ4n) is 1.34. The molecule has 5 heteroatoms. The van der Waals surface area contributed by atoms with Gasteiger partial charge in [0.25, 0.3) is 0 Å². The summed E-state index contributed by atoms with van der Waals surface area (Å²) < 4.78 is 0. The molecule has 2 rings (SSSR count). The predicted molar refractivity (Wildman–Crippen MR) is 69.7 cm³/mol. The molecule has 0 bridgehead atoms. The molecule has 0 amide bonds. The quantitative estimate of drug-likeness (QED) is 0.645. The molecule has 0 radical (unpaired) electrons. The molecule has 16 heavy (non-hydrogen) atoms. The Hall–Kier alpha value is -0.470. The maximum absolute atomic E-state index is 6.08. The molecule has 0 aliphatic heterocycles. The van der Waals surface area contributed by atoms with Crippen molar-refractivity contribution in [1.29, 1.82) is 0 Å². The van der Waals surface area contributed by atoms with Crippen LogP contribution in [0.4, 0.5) is 0 Å². The summed E-state index contributed by atoms with van der Waals surface area (Å²) in [5.41, 5.74) is 1.51. The molecule has 0 atom stereocenters. The average molecular weight is 293 g/mol. The Bertz CT molecular complexity index is 499. The minimum Gasteiger partial charge on any atom is -0.244 e. The van der Waals surface area contributed by atoms with Crippen LogP contribution < -0.4 is 0 Å². The molecule has 0 aliphatic carbocycles. The second-order valence-electron chi connectivity index (χ2n) is 3.11. The Morgan fingerprint density at radius 1 is 0.875 bits per heavy atom. The zero-order valence-electron chi connectivity index (χ0n) is 7.85. The van der Waals surface area contributed by atoms with Gasteiger partial charge in [-0.3, -0.25) is 0 Å². The largest absolute Gasteiger partial charge is 0.244 e. The van der Waals surface area contributed by atoms with Gasteiger partial charge < -0.3 is 0 Å². The van der Waals surface area contributed by atoms with Crippen LogP contribution in [0.3, 0.4) is 0 Å². The van der Waals surface area contributed by atoms with Crippen molar-refractivity contribution in [2.75, 3.05) is 0 Å². The van der Waals surface area contributed by atoms with Crippen LogP contribution in [-0.4, -0.2) is 4.98 Å². The zero-order valence-corrected chi connectivity index (χ0v) is 10.9. The zero-order chi connectivity index (χ0) is 11.7. The maximum Gasteiger partial charge on any atom is 0.129 e. The van der Waals surface area contributed by atoms with E-state index < -0.39 is 0 Å². The minimum absolute atomic E-state index is 0.421. The molecule has 0 unspecified atom stereocenters. The molecule has 82 valence electrons. The molecular formula is C11H5Cl4N. The molecule has 1 heterocycles. The van der Waals surface area contributed by atoms with E-state index in [0.29, 0.717) is 25.8 Å². The molecule has 0 spiro atoms. The van der Waals surface area contributed by atoms with Gasteiger partial charge in [0.2, 0.25) is 0 Å². The summed E-state index contributed by atoms with van der Waals surface area (Å²) in [6.45, 7) is 0. The molecule has 0 saturated carbocycles. The number of halogens is 4. The molecular weight excluding hydrogens is 288 g/mol. The third-order valence-corrected chi connectivity index (χ3v) is 3.06. The lowest BCUT2D eigenvalue weighted by Gasteiger charge is -2.07. The summed E-state index contributed by atoms with van der Waals surface area (Å²) in [6, 6.07) is 6.76. The highest BCUT2D eigenvalue weighted by Crippen LogP contribution is 2.36. The lowest BCUT2D eigenvalue weighted by molar-refractivity contribution is 1.33. The van der Waals surface area contributed by atoms with E-state index in [-0.39, 0.29) is 0 Å². The Kier molecular flexibility index (Phi) is 3.60. The van der Waals surface area contributed by atoms with Crippen molar-refractivity contribution in [1.82, 2.24) is 4.98 Å². The first kappa shape index (κ1) is 12.0. The van der Waals surface area contributed by atoms with Gasteiger partial charge in [0.05, 0.1) is 10.0 Å². The van der Waals surface area contributed by atoms with Crippen molar-refractivity contribution in [2.24, 2.45) is 0 Å². The molecule has 0 fully saturated rings. The molecule has 0 saturated heterocycles. The van der Waals surface area contributed by atoms with E-state index in [1.807, 2.05) is 0 Å². The van der Waals surface area contributed by atoms with Crippen LogP contribution in [0.1, 0.15) is 0 Å². The fourth-order valence-corrected chi connectivity index (χ4v) is 2.49. The van der Waals surface area contributed by atoms with E-state index >= 15 is 0 Å². The second-order valence-corrected chi connectivity index (χ2v) is 4.75. The summed E-state index contributed by atoms with van der Waals surface area (Å²) >= 11 is 23.7. The Balaban J connectivity index is 2.60. The maximum atomic E-state index is 6.08. The highest BCUT2D eigenvalue weighted by atomic mass is 35.5. The van der Waals surface area contributed by atoms with Gasteiger partial charge in [0, 0.05) is 22.3 Å². The van der Waals surface area contributed by atoms with E-state index in [4.69, 9.17) is 46.4 Å². The number of benzene rings is 1. The van der Waals surface area contributed by atoms with Crippen LogP contribution in [0.2, 0.25) is 20.2 Å². The number of hydrogen-bond acceptors (Lipinski definition) is 1. The van der Waals surface area contributed by atoms with Crippen LogP contribution in [0.15, 0.2) is 30.5 Å². The summed E-state index contributed by atoms with van der Waals surface area (Å²) in [5.74, 6) is 0. The van der Waals surface area contributed by atoms with Gasteiger partial charge in [0.1, 0.15) is 5.15 Å². The van der Waals surface area contributed by atoms with Crippen LogP contribution in [-0.2, 0) is 0 Å². The second kappa shape index (κ2) is 4.80. The van der Waals surface area contributed by atoms with Gasteiger partial charge in [-0.1, -0.05) is 46.4 Å². The summed E-state index contributed by atoms with van der Waals surface area (Å²) in [6.07, 6.45) is 1.61. The lowest BCUT2D eigenvalue weighted by atomic mass is 10.1. The third kappa shape index (κ3) is 2.44. The molecule has 2 aromatic rings. The summed E-state index contributed by atoms with van der Waals surface area (Å²) in [4.78, 5) is 3.98. The standard InChI is InChI=1S/C11H5Cl4N/c12-7-3-8(13)11(9(14)4-7)6-1-2-10(15)16-5-6/h1-5H. The smallest absolute Gasteiger partial charge is 0.129 e. The van der Waals surface area contributed by atoms with E-state index in [9.17, 15) is 0 Å². The van der Waals surface area contributed by atoms with Gasteiger partial charge in [-0.05, 0) is 24.3 Å². The van der Waals surface area contributed by atoms with Crippen molar-refractivity contribution in [3.05, 3.63) is 50.7 Å². The number of nitrogens with zero attached hydrogens (tertiary/aromatic N) is 1. The van der Waals surface area contributed by atoms with Gasteiger partial charge in [-0.15, -0.1) is 0 Å². The van der Waals surface area contributed by atoms with E-state index in [1.165, 1.54) is 0 Å².